The van der Waals surface area contributed by atoms with Gasteiger partial charge in [0.1, 0.15) is 12.0 Å². The first-order valence-electron chi connectivity index (χ1n) is 11.3. The van der Waals surface area contributed by atoms with E-state index in [-0.39, 0.29) is 17.7 Å². The number of aromatic nitrogens is 2. The van der Waals surface area contributed by atoms with E-state index >= 15 is 0 Å². The summed E-state index contributed by atoms with van der Waals surface area (Å²) in [5, 5.41) is 15.1. The number of benzene rings is 1. The zero-order valence-corrected chi connectivity index (χ0v) is 19.3. The molecule has 0 unspecified atom stereocenters. The number of fused-ring (bicyclic) bond motifs is 1. The van der Waals surface area contributed by atoms with E-state index in [1.54, 1.807) is 26.0 Å². The summed E-state index contributed by atoms with van der Waals surface area (Å²) in [4.78, 5) is 27.5. The molecule has 2 heterocycles. The number of halogens is 3. The summed E-state index contributed by atoms with van der Waals surface area (Å²) in [6.07, 6.45) is 3.48. The number of hydrogen-bond acceptors (Lipinski definition) is 5. The van der Waals surface area contributed by atoms with Crippen molar-refractivity contribution in [1.82, 2.24) is 9.55 Å². The first-order chi connectivity index (χ1) is 16.4. The lowest BCUT2D eigenvalue weighted by atomic mass is 9.87. The van der Waals surface area contributed by atoms with Gasteiger partial charge in [0.15, 0.2) is 0 Å². The van der Waals surface area contributed by atoms with Gasteiger partial charge < -0.3 is 24.5 Å². The third kappa shape index (κ3) is 5.82. The van der Waals surface area contributed by atoms with Gasteiger partial charge in [0.2, 0.25) is 5.88 Å². The average Bonchev–Trinajstić information content (AvgIpc) is 3.20. The molecule has 186 valence electrons. The van der Waals surface area contributed by atoms with Crippen LogP contribution >= 0.6 is 0 Å². The molecule has 0 saturated heterocycles. The molecule has 3 aromatic rings. The predicted octanol–water partition coefficient (Wildman–Crippen LogP) is 5.34. The van der Waals surface area contributed by atoms with E-state index in [0.717, 1.165) is 48.8 Å². The Morgan fingerprint density at radius 3 is 2.40 bits per heavy atom. The molecule has 2 N–H and O–H groups in total. The van der Waals surface area contributed by atoms with Gasteiger partial charge in [-0.05, 0) is 63.1 Å². The van der Waals surface area contributed by atoms with Crippen molar-refractivity contribution in [1.29, 1.82) is 0 Å². The fourth-order valence-corrected chi connectivity index (χ4v) is 4.47. The van der Waals surface area contributed by atoms with E-state index in [1.165, 1.54) is 12.1 Å². The summed E-state index contributed by atoms with van der Waals surface area (Å²) in [6, 6.07) is 7.28. The number of alkyl halides is 3. The topological polar surface area (TPSA) is 93.5 Å². The number of carbonyl (C=O) groups excluding carboxylic acids is 2. The summed E-state index contributed by atoms with van der Waals surface area (Å²) in [5.74, 6) is -1.38. The van der Waals surface area contributed by atoms with Crippen molar-refractivity contribution < 1.29 is 32.6 Å². The smallest absolute Gasteiger partial charge is 0.388 e. The van der Waals surface area contributed by atoms with Crippen LogP contribution in [0.2, 0.25) is 0 Å². The molecule has 0 bridgehead atoms. The second-order valence-corrected chi connectivity index (χ2v) is 9.36. The number of anilines is 1. The minimum absolute atomic E-state index is 0.105. The molecule has 7 nitrogen and oxygen atoms in total. The number of amides is 1. The van der Waals surface area contributed by atoms with E-state index in [1.807, 2.05) is 12.4 Å². The van der Waals surface area contributed by atoms with Gasteiger partial charge in [-0.2, -0.15) is 0 Å². The van der Waals surface area contributed by atoms with Crippen LogP contribution in [0.25, 0.3) is 10.8 Å². The Bertz CT molecular complexity index is 1240. The third-order valence-electron chi connectivity index (χ3n) is 6.24. The van der Waals surface area contributed by atoms with Gasteiger partial charge in [0, 0.05) is 47.1 Å². The fourth-order valence-electron chi connectivity index (χ4n) is 4.47. The maximum atomic E-state index is 12.8. The molecule has 1 aliphatic rings. The Labute approximate surface area is 199 Å². The lowest BCUT2D eigenvalue weighted by Gasteiger charge is -2.26. The van der Waals surface area contributed by atoms with Crippen LogP contribution in [0.1, 0.15) is 61.6 Å². The van der Waals surface area contributed by atoms with E-state index in [9.17, 15) is 27.9 Å². The van der Waals surface area contributed by atoms with Crippen LogP contribution in [0.3, 0.4) is 0 Å². The molecule has 35 heavy (non-hydrogen) atoms. The first kappa shape index (κ1) is 24.7. The Hall–Kier alpha value is -3.40. The quantitative estimate of drug-likeness (QED) is 0.456. The molecule has 1 aromatic carbocycles. The number of pyridine rings is 1. The van der Waals surface area contributed by atoms with Crippen LogP contribution in [-0.2, 0) is 10.4 Å². The number of ether oxygens (including phenoxy) is 1. The molecule has 0 spiro atoms. The van der Waals surface area contributed by atoms with Gasteiger partial charge in [-0.1, -0.05) is 6.07 Å². The largest absolute Gasteiger partial charge is 0.574 e. The summed E-state index contributed by atoms with van der Waals surface area (Å²) in [5.41, 5.74) is -0.807. The van der Waals surface area contributed by atoms with Crippen LogP contribution in [0.5, 0.6) is 5.88 Å². The van der Waals surface area contributed by atoms with E-state index in [0.29, 0.717) is 11.3 Å². The van der Waals surface area contributed by atoms with Gasteiger partial charge in [0.05, 0.1) is 5.60 Å². The number of carbonyl (C=O) groups is 2. The molecular weight excluding hydrogens is 463 g/mol. The number of aldehydes is 1. The fraction of sp³-hybridized carbons (Fsp3) is 0.400. The summed E-state index contributed by atoms with van der Waals surface area (Å²) >= 11 is 0. The molecule has 0 radical (unpaired) electrons. The molecule has 1 fully saturated rings. The second-order valence-electron chi connectivity index (χ2n) is 9.36. The molecule has 4 rings (SSSR count). The Kier molecular flexibility index (Phi) is 6.59. The van der Waals surface area contributed by atoms with Gasteiger partial charge in [-0.3, -0.25) is 4.79 Å². The van der Waals surface area contributed by atoms with E-state index in [4.69, 9.17) is 0 Å². The van der Waals surface area contributed by atoms with Gasteiger partial charge >= 0.3 is 6.36 Å². The molecule has 0 atom stereocenters. The zero-order valence-electron chi connectivity index (χ0n) is 19.3. The summed E-state index contributed by atoms with van der Waals surface area (Å²) in [7, 11) is 0. The minimum Gasteiger partial charge on any atom is -0.388 e. The average molecular weight is 489 g/mol. The SMILES string of the molecule is CC(C)(O)c1cc2cn(C3CCC(C=O)CC3)cc2cc1NC(=O)c1cccc(OC(F)(F)F)n1. The van der Waals surface area contributed by atoms with Crippen LogP contribution in [0, 0.1) is 5.92 Å². The molecule has 1 saturated carbocycles. The van der Waals surface area contributed by atoms with Gasteiger partial charge in [0.25, 0.3) is 5.91 Å². The highest BCUT2D eigenvalue weighted by Crippen LogP contribution is 2.36. The maximum absolute atomic E-state index is 12.8. The number of aliphatic hydroxyl groups is 1. The highest BCUT2D eigenvalue weighted by atomic mass is 19.4. The maximum Gasteiger partial charge on any atom is 0.574 e. The van der Waals surface area contributed by atoms with Crippen molar-refractivity contribution in [3.05, 3.63) is 54.0 Å². The molecule has 1 amide bonds. The number of hydrogen-bond donors (Lipinski definition) is 2. The predicted molar refractivity (Wildman–Crippen MR) is 123 cm³/mol. The lowest BCUT2D eigenvalue weighted by molar-refractivity contribution is -0.276. The Morgan fingerprint density at radius 1 is 1.14 bits per heavy atom. The molecule has 2 aromatic heterocycles. The van der Waals surface area contributed by atoms with Crippen LogP contribution in [0.4, 0.5) is 18.9 Å². The third-order valence-corrected chi connectivity index (χ3v) is 6.24. The lowest BCUT2D eigenvalue weighted by Crippen LogP contribution is -2.22. The number of rotatable bonds is 6. The highest BCUT2D eigenvalue weighted by molar-refractivity contribution is 6.04. The molecule has 1 aliphatic carbocycles. The van der Waals surface area contributed by atoms with Crippen LogP contribution in [0.15, 0.2) is 42.7 Å². The van der Waals surface area contributed by atoms with Crippen molar-refractivity contribution in [3.8, 4) is 5.88 Å². The van der Waals surface area contributed by atoms with E-state index < -0.39 is 23.8 Å². The van der Waals surface area contributed by atoms with Crippen molar-refractivity contribution in [2.24, 2.45) is 5.92 Å². The van der Waals surface area contributed by atoms with Crippen molar-refractivity contribution >= 4 is 28.7 Å². The Morgan fingerprint density at radius 2 is 1.80 bits per heavy atom. The molecule has 10 heteroatoms. The Balaban J connectivity index is 1.63. The van der Waals surface area contributed by atoms with Gasteiger partial charge in [-0.25, -0.2) is 4.98 Å². The number of nitrogens with one attached hydrogen (secondary N) is 1. The highest BCUT2D eigenvalue weighted by Gasteiger charge is 2.32. The molecule has 0 aliphatic heterocycles. The summed E-state index contributed by atoms with van der Waals surface area (Å²) < 4.78 is 43.5. The summed E-state index contributed by atoms with van der Waals surface area (Å²) in [6.45, 7) is 3.16. The minimum atomic E-state index is -4.93. The standard InChI is InChI=1S/C25H26F3N3O4/c1-24(2,34)19-10-16-12-31(18-8-6-15(14-32)7-9-18)13-17(16)11-21(19)30-23(33)20-4-3-5-22(29-20)35-25(26,27)28/h3-5,10-15,18,34H,6-9H2,1-2H3,(H,30,33). The second kappa shape index (κ2) is 9.33. The number of nitrogens with zero attached hydrogens (tertiary/aromatic N) is 2. The zero-order chi connectivity index (χ0) is 25.4. The molecular formula is C25H26F3N3O4. The van der Waals surface area contributed by atoms with Crippen LogP contribution in [-0.4, -0.2) is 33.2 Å². The van der Waals surface area contributed by atoms with E-state index in [2.05, 4.69) is 19.6 Å². The van der Waals surface area contributed by atoms with Crippen molar-refractivity contribution in [2.75, 3.05) is 5.32 Å². The first-order valence-corrected chi connectivity index (χ1v) is 11.3. The van der Waals surface area contributed by atoms with Crippen molar-refractivity contribution in [2.45, 2.75) is 57.5 Å². The van der Waals surface area contributed by atoms with Gasteiger partial charge in [-0.15, -0.1) is 13.2 Å². The normalized spacial score (nSPS) is 18.9. The van der Waals surface area contributed by atoms with Crippen LogP contribution < -0.4 is 10.1 Å². The monoisotopic (exact) mass is 489 g/mol. The van der Waals surface area contributed by atoms with Crippen molar-refractivity contribution in [3.63, 3.8) is 0 Å².